The second-order valence-electron chi connectivity index (χ2n) is 4.19. The van der Waals surface area contributed by atoms with E-state index in [9.17, 15) is 4.79 Å². The van der Waals surface area contributed by atoms with Crippen LogP contribution in [-0.2, 0) is 7.05 Å². The molecular weight excluding hydrogens is 234 g/mol. The number of aromatic nitrogens is 5. The predicted octanol–water partition coefficient (Wildman–Crippen LogP) is -0.592. The smallest absolute Gasteiger partial charge is 0.278 e. The molecule has 1 fully saturated rings. The molecule has 18 heavy (non-hydrogen) atoms. The van der Waals surface area contributed by atoms with Gasteiger partial charge in [-0.2, -0.15) is 5.10 Å². The molecule has 0 spiro atoms. The van der Waals surface area contributed by atoms with Gasteiger partial charge in [-0.1, -0.05) is 5.21 Å². The Balaban J connectivity index is 1.72. The third kappa shape index (κ3) is 1.86. The first-order valence-corrected chi connectivity index (χ1v) is 5.66. The highest BCUT2D eigenvalue weighted by molar-refractivity contribution is 6.02. The lowest BCUT2D eigenvalue weighted by molar-refractivity contribution is 0.102. The fraction of sp³-hybridized carbons (Fsp3) is 0.400. The third-order valence-electron chi connectivity index (χ3n) is 2.94. The normalized spacial score (nSPS) is 15.4. The van der Waals surface area contributed by atoms with Crippen molar-refractivity contribution in [3.05, 3.63) is 24.2 Å². The van der Waals surface area contributed by atoms with Crippen LogP contribution in [0.5, 0.6) is 0 Å². The van der Waals surface area contributed by atoms with Gasteiger partial charge in [-0.3, -0.25) is 9.48 Å². The molecule has 0 aliphatic carbocycles. The topological polar surface area (TPSA) is 89.7 Å². The molecular formula is C10H13N7O. The fourth-order valence-corrected chi connectivity index (χ4v) is 1.70. The van der Waals surface area contributed by atoms with Gasteiger partial charge in [0, 0.05) is 26.2 Å². The number of hydrogen-bond donors (Lipinski definition) is 2. The fourth-order valence-electron chi connectivity index (χ4n) is 1.70. The molecule has 0 aromatic carbocycles. The highest BCUT2D eigenvalue weighted by Crippen LogP contribution is 2.11. The lowest BCUT2D eigenvalue weighted by Crippen LogP contribution is -2.43. The molecule has 0 bridgehead atoms. The Morgan fingerprint density at radius 1 is 1.56 bits per heavy atom. The molecule has 1 saturated heterocycles. The van der Waals surface area contributed by atoms with Crippen molar-refractivity contribution in [2.24, 2.45) is 7.05 Å². The Morgan fingerprint density at radius 2 is 2.39 bits per heavy atom. The number of anilines is 1. The number of aryl methyl sites for hydroxylation is 1. The molecule has 0 unspecified atom stereocenters. The van der Waals surface area contributed by atoms with E-state index in [0.29, 0.717) is 17.6 Å². The Kier molecular flexibility index (Phi) is 2.56. The lowest BCUT2D eigenvalue weighted by Gasteiger charge is -2.26. The zero-order valence-corrected chi connectivity index (χ0v) is 9.87. The van der Waals surface area contributed by atoms with Crippen LogP contribution < -0.4 is 10.6 Å². The Bertz CT molecular complexity index is 568. The van der Waals surface area contributed by atoms with Crippen molar-refractivity contribution < 1.29 is 4.79 Å². The number of nitrogens with one attached hydrogen (secondary N) is 2. The van der Waals surface area contributed by atoms with Crippen molar-refractivity contribution in [1.82, 2.24) is 30.1 Å². The lowest BCUT2D eigenvalue weighted by atomic mass is 10.2. The van der Waals surface area contributed by atoms with Crippen LogP contribution in [0.1, 0.15) is 16.5 Å². The van der Waals surface area contributed by atoms with Gasteiger partial charge < -0.3 is 10.6 Å². The number of hydrogen-bond acceptors (Lipinski definition) is 5. The second-order valence-corrected chi connectivity index (χ2v) is 4.19. The SMILES string of the molecule is Cn1nccc1NC(=O)c1cn(C2CNC2)nn1. The molecule has 2 N–H and O–H groups in total. The number of nitrogens with zero attached hydrogens (tertiary/aromatic N) is 5. The highest BCUT2D eigenvalue weighted by atomic mass is 16.2. The molecule has 0 radical (unpaired) electrons. The van der Waals surface area contributed by atoms with Gasteiger partial charge in [-0.05, 0) is 0 Å². The van der Waals surface area contributed by atoms with E-state index in [0.717, 1.165) is 13.1 Å². The zero-order valence-electron chi connectivity index (χ0n) is 9.87. The van der Waals surface area contributed by atoms with Crippen molar-refractivity contribution >= 4 is 11.7 Å². The van der Waals surface area contributed by atoms with Crippen LogP contribution in [0.15, 0.2) is 18.5 Å². The summed E-state index contributed by atoms with van der Waals surface area (Å²) in [5, 5.41) is 17.7. The Labute approximate surface area is 103 Å². The van der Waals surface area contributed by atoms with Gasteiger partial charge in [0.1, 0.15) is 5.82 Å². The van der Waals surface area contributed by atoms with Crippen LogP contribution in [0.4, 0.5) is 5.82 Å². The summed E-state index contributed by atoms with van der Waals surface area (Å²) in [6.07, 6.45) is 3.28. The maximum atomic E-state index is 11.9. The summed E-state index contributed by atoms with van der Waals surface area (Å²) in [5.41, 5.74) is 0.308. The van der Waals surface area contributed by atoms with E-state index in [4.69, 9.17) is 0 Å². The molecule has 0 saturated carbocycles. The molecule has 3 rings (SSSR count). The van der Waals surface area contributed by atoms with Gasteiger partial charge in [0.2, 0.25) is 0 Å². The van der Waals surface area contributed by atoms with E-state index in [-0.39, 0.29) is 5.91 Å². The molecule has 8 heteroatoms. The van der Waals surface area contributed by atoms with Gasteiger partial charge in [0.05, 0.1) is 18.4 Å². The molecule has 2 aromatic heterocycles. The minimum Gasteiger partial charge on any atom is -0.312 e. The standard InChI is InChI=1S/C10H13N7O/c1-16-9(2-3-12-16)13-10(18)8-6-17(15-14-8)7-4-11-5-7/h2-3,6-7,11H,4-5H2,1H3,(H,13,18). The minimum absolute atomic E-state index is 0.280. The molecule has 1 amide bonds. The first-order chi connectivity index (χ1) is 8.74. The minimum atomic E-state index is -0.280. The number of amides is 1. The van der Waals surface area contributed by atoms with Crippen LogP contribution >= 0.6 is 0 Å². The van der Waals surface area contributed by atoms with Crippen LogP contribution in [0, 0.1) is 0 Å². The molecule has 94 valence electrons. The third-order valence-corrected chi connectivity index (χ3v) is 2.94. The maximum Gasteiger partial charge on any atom is 0.278 e. The molecule has 2 aromatic rings. The number of rotatable bonds is 3. The largest absolute Gasteiger partial charge is 0.312 e. The first kappa shape index (κ1) is 10.9. The van der Waals surface area contributed by atoms with E-state index >= 15 is 0 Å². The quantitative estimate of drug-likeness (QED) is 0.756. The summed E-state index contributed by atoms with van der Waals surface area (Å²) in [7, 11) is 1.76. The van der Waals surface area contributed by atoms with Crippen molar-refractivity contribution in [3.63, 3.8) is 0 Å². The maximum absolute atomic E-state index is 11.9. The van der Waals surface area contributed by atoms with Crippen LogP contribution in [0.25, 0.3) is 0 Å². The second kappa shape index (κ2) is 4.22. The summed E-state index contributed by atoms with van der Waals surface area (Å²) in [6, 6.07) is 2.02. The average molecular weight is 247 g/mol. The molecule has 0 atom stereocenters. The van der Waals surface area contributed by atoms with Gasteiger partial charge in [0.15, 0.2) is 5.69 Å². The van der Waals surface area contributed by atoms with Gasteiger partial charge in [-0.15, -0.1) is 5.10 Å². The Hall–Kier alpha value is -2.22. The summed E-state index contributed by atoms with van der Waals surface area (Å²) in [4.78, 5) is 11.9. The van der Waals surface area contributed by atoms with Gasteiger partial charge in [0.25, 0.3) is 5.91 Å². The summed E-state index contributed by atoms with van der Waals surface area (Å²) in [5.74, 6) is 0.344. The zero-order chi connectivity index (χ0) is 12.5. The monoisotopic (exact) mass is 247 g/mol. The van der Waals surface area contributed by atoms with Crippen molar-refractivity contribution in [2.45, 2.75) is 6.04 Å². The van der Waals surface area contributed by atoms with Gasteiger partial charge in [-0.25, -0.2) is 4.68 Å². The van der Waals surface area contributed by atoms with Gasteiger partial charge >= 0.3 is 0 Å². The van der Waals surface area contributed by atoms with Crippen LogP contribution in [0.2, 0.25) is 0 Å². The average Bonchev–Trinajstić information content (AvgIpc) is 2.87. The molecule has 1 aliphatic heterocycles. The number of carbonyl (C=O) groups excluding carboxylic acids is 1. The van der Waals surface area contributed by atoms with E-state index in [1.54, 1.807) is 34.9 Å². The van der Waals surface area contributed by atoms with E-state index in [2.05, 4.69) is 26.0 Å². The van der Waals surface area contributed by atoms with Crippen molar-refractivity contribution in [3.8, 4) is 0 Å². The molecule has 3 heterocycles. The van der Waals surface area contributed by atoms with Crippen LogP contribution in [0.3, 0.4) is 0 Å². The summed E-state index contributed by atoms with van der Waals surface area (Å²) in [6.45, 7) is 1.73. The van der Waals surface area contributed by atoms with E-state index in [1.165, 1.54) is 0 Å². The summed E-state index contributed by atoms with van der Waals surface area (Å²) < 4.78 is 3.30. The van der Waals surface area contributed by atoms with Crippen LogP contribution in [-0.4, -0.2) is 43.8 Å². The highest BCUT2D eigenvalue weighted by Gasteiger charge is 2.21. The summed E-state index contributed by atoms with van der Waals surface area (Å²) >= 11 is 0. The van der Waals surface area contributed by atoms with E-state index < -0.39 is 0 Å². The first-order valence-electron chi connectivity index (χ1n) is 5.66. The Morgan fingerprint density at radius 3 is 3.00 bits per heavy atom. The number of carbonyl (C=O) groups is 1. The molecule has 8 nitrogen and oxygen atoms in total. The van der Waals surface area contributed by atoms with Crippen molar-refractivity contribution in [1.29, 1.82) is 0 Å². The molecule has 1 aliphatic rings. The van der Waals surface area contributed by atoms with E-state index in [1.807, 2.05) is 0 Å². The van der Waals surface area contributed by atoms with Crippen molar-refractivity contribution in [2.75, 3.05) is 18.4 Å². The predicted molar refractivity (Wildman–Crippen MR) is 63.1 cm³/mol.